The van der Waals surface area contributed by atoms with Gasteiger partial charge in [0, 0.05) is 23.4 Å². The van der Waals surface area contributed by atoms with Gasteiger partial charge in [-0.3, -0.25) is 0 Å². The molecule has 0 spiro atoms. The van der Waals surface area contributed by atoms with Crippen molar-refractivity contribution in [3.8, 4) is 11.3 Å². The van der Waals surface area contributed by atoms with Crippen LogP contribution in [-0.2, 0) is 0 Å². The van der Waals surface area contributed by atoms with Crippen molar-refractivity contribution < 1.29 is 13.2 Å². The maximum atomic E-state index is 12.9. The minimum absolute atomic E-state index is 0.298. The summed E-state index contributed by atoms with van der Waals surface area (Å²) in [7, 11) is 0. The Hall–Kier alpha value is -1.71. The van der Waals surface area contributed by atoms with Crippen molar-refractivity contribution >= 4 is 0 Å². The summed E-state index contributed by atoms with van der Waals surface area (Å²) in [5.41, 5.74) is 1.01. The molecular formula is C10H7F2NO. The van der Waals surface area contributed by atoms with Gasteiger partial charge in [-0.1, -0.05) is 0 Å². The highest BCUT2D eigenvalue weighted by Gasteiger charge is 2.06. The van der Waals surface area contributed by atoms with Gasteiger partial charge >= 0.3 is 0 Å². The lowest BCUT2D eigenvalue weighted by atomic mass is 10.2. The first-order valence-electron chi connectivity index (χ1n) is 4.05. The zero-order valence-electron chi connectivity index (χ0n) is 7.42. The molecular weight excluding hydrogens is 188 g/mol. The van der Waals surface area contributed by atoms with E-state index in [1.807, 2.05) is 0 Å². The van der Waals surface area contributed by atoms with Crippen molar-refractivity contribution in [2.75, 3.05) is 0 Å². The van der Waals surface area contributed by atoms with Gasteiger partial charge in [-0.15, -0.1) is 0 Å². The normalized spacial score (nSPS) is 10.5. The first-order valence-corrected chi connectivity index (χ1v) is 4.05. The molecule has 0 radical (unpaired) electrons. The van der Waals surface area contributed by atoms with Gasteiger partial charge in [0.25, 0.3) is 6.01 Å². The Kier molecular flexibility index (Phi) is 2.04. The summed E-state index contributed by atoms with van der Waals surface area (Å²) in [6, 6.07) is 4.77. The number of hydrogen-bond donors (Lipinski definition) is 0. The predicted molar refractivity (Wildman–Crippen MR) is 46.6 cm³/mol. The highest BCUT2D eigenvalue weighted by Crippen LogP contribution is 2.22. The summed E-state index contributed by atoms with van der Waals surface area (Å²) in [4.78, 5) is 3.56. The third kappa shape index (κ3) is 1.64. The molecule has 0 unspecified atom stereocenters. The van der Waals surface area contributed by atoms with Gasteiger partial charge in [0.15, 0.2) is 0 Å². The Balaban J connectivity index is 2.51. The maximum absolute atomic E-state index is 12.9. The van der Waals surface area contributed by atoms with E-state index in [9.17, 15) is 8.78 Å². The number of pyridine rings is 1. The molecule has 2 heterocycles. The quantitative estimate of drug-likeness (QED) is 0.654. The second-order valence-electron chi connectivity index (χ2n) is 2.92. The van der Waals surface area contributed by atoms with Gasteiger partial charge in [-0.25, -0.2) is 4.98 Å². The Bertz CT molecular complexity index is 445. The summed E-state index contributed by atoms with van der Waals surface area (Å²) in [6.45, 7) is 1.66. The highest BCUT2D eigenvalue weighted by atomic mass is 19.1. The molecule has 0 aliphatic heterocycles. The fraction of sp³-hybridized carbons (Fsp3) is 0.100. The Morgan fingerprint density at radius 2 is 2.00 bits per heavy atom. The topological polar surface area (TPSA) is 26.0 Å². The summed E-state index contributed by atoms with van der Waals surface area (Å²) < 4.78 is 30.1. The summed E-state index contributed by atoms with van der Waals surface area (Å²) in [6.07, 6.45) is 0. The SMILES string of the molecule is Cc1cc(-c2ccc(F)o2)cc(F)n1. The number of hydrogen-bond acceptors (Lipinski definition) is 2. The van der Waals surface area contributed by atoms with Crippen LogP contribution in [-0.4, -0.2) is 4.98 Å². The minimum Gasteiger partial charge on any atom is -0.431 e. The van der Waals surface area contributed by atoms with Crippen LogP contribution in [0, 0.1) is 18.9 Å². The molecule has 0 bridgehead atoms. The number of nitrogens with zero attached hydrogens (tertiary/aromatic N) is 1. The molecule has 0 saturated heterocycles. The molecule has 4 heteroatoms. The molecule has 0 amide bonds. The zero-order chi connectivity index (χ0) is 10.1. The molecule has 2 rings (SSSR count). The Labute approximate surface area is 79.2 Å². The van der Waals surface area contributed by atoms with Gasteiger partial charge in [-0.2, -0.15) is 8.78 Å². The zero-order valence-corrected chi connectivity index (χ0v) is 7.42. The molecule has 0 fully saturated rings. The molecule has 0 aromatic carbocycles. The lowest BCUT2D eigenvalue weighted by Gasteiger charge is -1.98. The van der Waals surface area contributed by atoms with Crippen molar-refractivity contribution in [3.05, 3.63) is 41.9 Å². The molecule has 0 saturated carbocycles. The van der Waals surface area contributed by atoms with Crippen LogP contribution >= 0.6 is 0 Å². The van der Waals surface area contributed by atoms with Gasteiger partial charge in [0.2, 0.25) is 5.95 Å². The number of rotatable bonds is 1. The fourth-order valence-electron chi connectivity index (χ4n) is 1.24. The average molecular weight is 195 g/mol. The monoisotopic (exact) mass is 195 g/mol. The second kappa shape index (κ2) is 3.21. The standard InChI is InChI=1S/C10H7F2NO/c1-6-4-7(5-9(11)13-6)8-2-3-10(12)14-8/h2-5H,1H3. The molecule has 72 valence electrons. The van der Waals surface area contributed by atoms with E-state index >= 15 is 0 Å². The van der Waals surface area contributed by atoms with Crippen molar-refractivity contribution in [3.63, 3.8) is 0 Å². The van der Waals surface area contributed by atoms with E-state index in [-0.39, 0.29) is 0 Å². The van der Waals surface area contributed by atoms with E-state index in [1.165, 1.54) is 18.2 Å². The van der Waals surface area contributed by atoms with E-state index < -0.39 is 12.0 Å². The van der Waals surface area contributed by atoms with E-state index in [1.54, 1.807) is 13.0 Å². The molecule has 0 atom stereocenters. The number of aryl methyl sites for hydroxylation is 1. The summed E-state index contributed by atoms with van der Waals surface area (Å²) in [5, 5.41) is 0. The van der Waals surface area contributed by atoms with Gasteiger partial charge in [0.05, 0.1) is 0 Å². The Morgan fingerprint density at radius 1 is 1.21 bits per heavy atom. The largest absolute Gasteiger partial charge is 0.431 e. The molecule has 2 aromatic rings. The maximum Gasteiger partial charge on any atom is 0.278 e. The molecule has 2 nitrogen and oxygen atoms in total. The van der Waals surface area contributed by atoms with Gasteiger partial charge in [-0.05, 0) is 19.1 Å². The predicted octanol–water partition coefficient (Wildman–Crippen LogP) is 2.93. The van der Waals surface area contributed by atoms with E-state index in [4.69, 9.17) is 4.42 Å². The van der Waals surface area contributed by atoms with Gasteiger partial charge in [0.1, 0.15) is 5.76 Å². The third-order valence-corrected chi connectivity index (χ3v) is 1.78. The lowest BCUT2D eigenvalue weighted by Crippen LogP contribution is -1.87. The van der Waals surface area contributed by atoms with Crippen molar-refractivity contribution in [2.24, 2.45) is 0 Å². The van der Waals surface area contributed by atoms with Crippen LogP contribution in [0.1, 0.15) is 5.69 Å². The Morgan fingerprint density at radius 3 is 2.57 bits per heavy atom. The van der Waals surface area contributed by atoms with E-state index in [2.05, 4.69) is 4.98 Å². The van der Waals surface area contributed by atoms with Crippen molar-refractivity contribution in [1.29, 1.82) is 0 Å². The van der Waals surface area contributed by atoms with Crippen LogP contribution in [0.15, 0.2) is 28.7 Å². The van der Waals surface area contributed by atoms with Crippen LogP contribution < -0.4 is 0 Å². The fourth-order valence-corrected chi connectivity index (χ4v) is 1.24. The van der Waals surface area contributed by atoms with Crippen LogP contribution in [0.4, 0.5) is 8.78 Å². The van der Waals surface area contributed by atoms with Crippen molar-refractivity contribution in [2.45, 2.75) is 6.92 Å². The second-order valence-corrected chi connectivity index (χ2v) is 2.92. The first-order chi connectivity index (χ1) is 6.65. The lowest BCUT2D eigenvalue weighted by molar-refractivity contribution is 0.366. The number of halogens is 2. The highest BCUT2D eigenvalue weighted by molar-refractivity contribution is 5.57. The molecule has 0 aliphatic rings. The molecule has 0 N–H and O–H groups in total. The van der Waals surface area contributed by atoms with E-state index in [0.717, 1.165) is 0 Å². The van der Waals surface area contributed by atoms with Crippen LogP contribution in [0.3, 0.4) is 0 Å². The number of furan rings is 1. The minimum atomic E-state index is -0.685. The van der Waals surface area contributed by atoms with Crippen LogP contribution in [0.5, 0.6) is 0 Å². The first kappa shape index (κ1) is 8.87. The third-order valence-electron chi connectivity index (χ3n) is 1.78. The molecule has 14 heavy (non-hydrogen) atoms. The van der Waals surface area contributed by atoms with Gasteiger partial charge < -0.3 is 4.42 Å². The summed E-state index contributed by atoms with van der Waals surface area (Å²) in [5.74, 6) is -0.302. The van der Waals surface area contributed by atoms with E-state index in [0.29, 0.717) is 17.0 Å². The van der Waals surface area contributed by atoms with Crippen molar-refractivity contribution in [1.82, 2.24) is 4.98 Å². The smallest absolute Gasteiger partial charge is 0.278 e. The molecule has 0 aliphatic carbocycles. The average Bonchev–Trinajstić information content (AvgIpc) is 2.50. The molecule has 2 aromatic heterocycles. The van der Waals surface area contributed by atoms with Crippen LogP contribution in [0.2, 0.25) is 0 Å². The summed E-state index contributed by atoms with van der Waals surface area (Å²) >= 11 is 0. The number of aromatic nitrogens is 1. The van der Waals surface area contributed by atoms with Crippen LogP contribution in [0.25, 0.3) is 11.3 Å².